The first kappa shape index (κ1) is 16.5. The molecular formula is C11H23NO4Si. The molecule has 0 fully saturated rings. The van der Waals surface area contributed by atoms with Crippen LogP contribution in [0, 0.1) is 0 Å². The van der Waals surface area contributed by atoms with E-state index in [1.165, 1.54) is 6.08 Å². The number of isocyanates is 1. The van der Waals surface area contributed by atoms with Gasteiger partial charge in [-0.1, -0.05) is 0 Å². The molecular weight excluding hydrogens is 238 g/mol. The molecule has 0 bridgehead atoms. The van der Waals surface area contributed by atoms with E-state index in [1.54, 1.807) is 0 Å². The second-order valence-electron chi connectivity index (χ2n) is 3.79. The van der Waals surface area contributed by atoms with Gasteiger partial charge in [0.05, 0.1) is 6.54 Å². The van der Waals surface area contributed by atoms with E-state index in [2.05, 4.69) is 4.99 Å². The number of hydrogen-bond acceptors (Lipinski definition) is 5. The van der Waals surface area contributed by atoms with Crippen LogP contribution in [0.3, 0.4) is 0 Å². The monoisotopic (exact) mass is 261 g/mol. The summed E-state index contributed by atoms with van der Waals surface area (Å²) in [6, 6.07) is 0.679. The summed E-state index contributed by atoms with van der Waals surface area (Å²) in [5, 5.41) is 0. The van der Waals surface area contributed by atoms with Gasteiger partial charge in [-0.25, -0.2) is 9.79 Å². The molecule has 5 nitrogen and oxygen atoms in total. The predicted octanol–water partition coefficient (Wildman–Crippen LogP) is 2.15. The summed E-state index contributed by atoms with van der Waals surface area (Å²) in [5.41, 5.74) is 0. The SMILES string of the molecule is CCO[Si](CCCN=C=O)(OCC)OC(C)C. The van der Waals surface area contributed by atoms with Crippen LogP contribution in [0.5, 0.6) is 0 Å². The Labute approximate surface area is 105 Å². The molecule has 0 aliphatic rings. The minimum absolute atomic E-state index is 0.0642. The van der Waals surface area contributed by atoms with Gasteiger partial charge in [-0.2, -0.15) is 0 Å². The Balaban J connectivity index is 4.45. The van der Waals surface area contributed by atoms with E-state index in [4.69, 9.17) is 13.3 Å². The van der Waals surface area contributed by atoms with Crippen molar-refractivity contribution in [3.8, 4) is 0 Å². The Morgan fingerprint density at radius 1 is 1.24 bits per heavy atom. The van der Waals surface area contributed by atoms with Crippen molar-refractivity contribution in [2.75, 3.05) is 19.8 Å². The highest BCUT2D eigenvalue weighted by Gasteiger charge is 2.40. The predicted molar refractivity (Wildman–Crippen MR) is 67.6 cm³/mol. The molecule has 0 atom stereocenters. The summed E-state index contributed by atoms with van der Waals surface area (Å²) in [4.78, 5) is 13.5. The van der Waals surface area contributed by atoms with Crippen molar-refractivity contribution < 1.29 is 18.1 Å². The molecule has 0 N–H and O–H groups in total. The summed E-state index contributed by atoms with van der Waals surface area (Å²) in [6.07, 6.45) is 2.31. The molecule has 17 heavy (non-hydrogen) atoms. The van der Waals surface area contributed by atoms with Gasteiger partial charge in [0.25, 0.3) is 0 Å². The highest BCUT2D eigenvalue weighted by Crippen LogP contribution is 2.20. The normalized spacial score (nSPS) is 11.6. The van der Waals surface area contributed by atoms with E-state index in [-0.39, 0.29) is 6.10 Å². The quantitative estimate of drug-likeness (QED) is 0.262. The molecule has 0 aromatic heterocycles. The number of rotatable bonds is 10. The van der Waals surface area contributed by atoms with Gasteiger partial charge in [0, 0.05) is 25.4 Å². The van der Waals surface area contributed by atoms with Crippen molar-refractivity contribution in [3.05, 3.63) is 0 Å². The summed E-state index contributed by atoms with van der Waals surface area (Å²) >= 11 is 0. The third-order valence-electron chi connectivity index (χ3n) is 1.96. The topological polar surface area (TPSA) is 57.1 Å². The van der Waals surface area contributed by atoms with Gasteiger partial charge in [-0.15, -0.1) is 0 Å². The summed E-state index contributed by atoms with van der Waals surface area (Å²) in [7, 11) is -2.60. The van der Waals surface area contributed by atoms with Crippen LogP contribution in [-0.2, 0) is 18.1 Å². The third kappa shape index (κ3) is 7.41. The average Bonchev–Trinajstić information content (AvgIpc) is 2.24. The van der Waals surface area contributed by atoms with Gasteiger partial charge in [-0.3, -0.25) is 0 Å². The van der Waals surface area contributed by atoms with Crippen molar-refractivity contribution in [1.29, 1.82) is 0 Å². The first-order chi connectivity index (χ1) is 8.10. The fourth-order valence-corrected chi connectivity index (χ4v) is 4.35. The maximum Gasteiger partial charge on any atom is 0.501 e. The molecule has 6 heteroatoms. The second-order valence-corrected chi connectivity index (χ2v) is 6.47. The van der Waals surface area contributed by atoms with Crippen LogP contribution in [0.2, 0.25) is 6.04 Å². The second kappa shape index (κ2) is 9.50. The molecule has 0 aliphatic heterocycles. The Kier molecular flexibility index (Phi) is 9.21. The lowest BCUT2D eigenvalue weighted by Gasteiger charge is -2.30. The standard InChI is InChI=1S/C11H23NO4Si/c1-5-14-17(15-6-2,16-11(3)4)9-7-8-12-10-13/h11H,5-9H2,1-4H3. The van der Waals surface area contributed by atoms with Crippen LogP contribution in [0.4, 0.5) is 0 Å². The van der Waals surface area contributed by atoms with Crippen molar-refractivity contribution in [2.24, 2.45) is 4.99 Å². The molecule has 0 aromatic rings. The molecule has 0 radical (unpaired) electrons. The molecule has 0 spiro atoms. The minimum Gasteiger partial charge on any atom is -0.374 e. The van der Waals surface area contributed by atoms with Gasteiger partial charge in [0.15, 0.2) is 0 Å². The summed E-state index contributed by atoms with van der Waals surface area (Å²) in [5.74, 6) is 0. The minimum atomic E-state index is -2.60. The van der Waals surface area contributed by atoms with E-state index in [9.17, 15) is 4.79 Å². The van der Waals surface area contributed by atoms with Crippen molar-refractivity contribution in [2.45, 2.75) is 46.3 Å². The molecule has 0 unspecified atom stereocenters. The van der Waals surface area contributed by atoms with Crippen molar-refractivity contribution in [1.82, 2.24) is 0 Å². The van der Waals surface area contributed by atoms with Crippen LogP contribution in [0.15, 0.2) is 4.99 Å². The molecule has 0 amide bonds. The van der Waals surface area contributed by atoms with Gasteiger partial charge in [0.1, 0.15) is 0 Å². The van der Waals surface area contributed by atoms with Crippen molar-refractivity contribution in [3.63, 3.8) is 0 Å². The molecule has 0 heterocycles. The van der Waals surface area contributed by atoms with Crippen molar-refractivity contribution >= 4 is 14.9 Å². The van der Waals surface area contributed by atoms with Crippen LogP contribution >= 0.6 is 0 Å². The smallest absolute Gasteiger partial charge is 0.374 e. The van der Waals surface area contributed by atoms with Gasteiger partial charge < -0.3 is 13.3 Å². The number of carbonyl (C=O) groups excluding carboxylic acids is 1. The highest BCUT2D eigenvalue weighted by molar-refractivity contribution is 6.60. The number of nitrogens with zero attached hydrogens (tertiary/aromatic N) is 1. The lowest BCUT2D eigenvalue weighted by molar-refractivity contribution is 0.0440. The van der Waals surface area contributed by atoms with E-state index in [1.807, 2.05) is 27.7 Å². The number of hydrogen-bond donors (Lipinski definition) is 0. The third-order valence-corrected chi connectivity index (χ3v) is 5.21. The zero-order valence-corrected chi connectivity index (χ0v) is 12.2. The zero-order chi connectivity index (χ0) is 13.1. The Morgan fingerprint density at radius 2 is 1.82 bits per heavy atom. The molecule has 0 saturated heterocycles. The van der Waals surface area contributed by atoms with Gasteiger partial charge in [-0.05, 0) is 34.1 Å². The summed E-state index contributed by atoms with van der Waals surface area (Å²) in [6.45, 7) is 9.35. The van der Waals surface area contributed by atoms with E-state index in [0.717, 1.165) is 0 Å². The van der Waals surface area contributed by atoms with Crippen LogP contribution < -0.4 is 0 Å². The zero-order valence-electron chi connectivity index (χ0n) is 11.2. The Hall–Kier alpha value is -0.523. The molecule has 100 valence electrons. The molecule has 0 saturated carbocycles. The average molecular weight is 261 g/mol. The fourth-order valence-electron chi connectivity index (χ4n) is 1.53. The van der Waals surface area contributed by atoms with Crippen LogP contribution in [0.1, 0.15) is 34.1 Å². The Morgan fingerprint density at radius 3 is 2.24 bits per heavy atom. The highest BCUT2D eigenvalue weighted by atomic mass is 28.4. The lowest BCUT2D eigenvalue weighted by Crippen LogP contribution is -2.47. The first-order valence-electron chi connectivity index (χ1n) is 6.09. The number of aliphatic imine (C=N–C) groups is 1. The largest absolute Gasteiger partial charge is 0.501 e. The van der Waals surface area contributed by atoms with Crippen LogP contribution in [0.25, 0.3) is 0 Å². The molecule has 0 aromatic carbocycles. The van der Waals surface area contributed by atoms with E-state index < -0.39 is 8.80 Å². The maximum atomic E-state index is 9.98. The lowest BCUT2D eigenvalue weighted by atomic mass is 10.5. The maximum absolute atomic E-state index is 9.98. The van der Waals surface area contributed by atoms with Crippen LogP contribution in [-0.4, -0.2) is 40.7 Å². The fraction of sp³-hybridized carbons (Fsp3) is 0.909. The summed E-state index contributed by atoms with van der Waals surface area (Å²) < 4.78 is 17.3. The van der Waals surface area contributed by atoms with Gasteiger partial charge >= 0.3 is 8.80 Å². The van der Waals surface area contributed by atoms with E-state index in [0.29, 0.717) is 32.2 Å². The van der Waals surface area contributed by atoms with E-state index >= 15 is 0 Å². The molecule has 0 rings (SSSR count). The Bertz CT molecular complexity index is 236. The molecule has 0 aliphatic carbocycles. The van der Waals surface area contributed by atoms with Gasteiger partial charge in [0.2, 0.25) is 6.08 Å². The first-order valence-corrected chi connectivity index (χ1v) is 8.02.